The summed E-state index contributed by atoms with van der Waals surface area (Å²) in [5, 5.41) is 22.6. The molecule has 0 aromatic heterocycles. The molecule has 6 heteroatoms. The van der Waals surface area contributed by atoms with Gasteiger partial charge in [-0.2, -0.15) is 4.39 Å². The first-order valence-corrected chi connectivity index (χ1v) is 4.33. The molecule has 0 saturated heterocycles. The fraction of sp³-hybridized carbons (Fsp3) is 0.333. The lowest BCUT2D eigenvalue weighted by atomic mass is 10.1. The maximum Gasteiger partial charge on any atom is 0.305 e. The van der Waals surface area contributed by atoms with Crippen molar-refractivity contribution < 1.29 is 14.4 Å². The van der Waals surface area contributed by atoms with Gasteiger partial charge < -0.3 is 10.4 Å². The highest BCUT2D eigenvalue weighted by Gasteiger charge is 2.21. The van der Waals surface area contributed by atoms with Crippen LogP contribution in [-0.4, -0.2) is 23.6 Å². The number of hydrogen-bond acceptors (Lipinski definition) is 4. The summed E-state index contributed by atoms with van der Waals surface area (Å²) >= 11 is 0. The van der Waals surface area contributed by atoms with Crippen molar-refractivity contribution in [2.75, 3.05) is 13.6 Å². The number of nitro benzene ring substituents is 1. The van der Waals surface area contributed by atoms with Gasteiger partial charge in [0.05, 0.1) is 11.0 Å². The number of nitrogens with one attached hydrogen (secondary N) is 1. The Bertz CT molecular complexity index is 370. The van der Waals surface area contributed by atoms with E-state index in [1.54, 1.807) is 7.05 Å². The number of halogens is 1. The van der Waals surface area contributed by atoms with Gasteiger partial charge in [0.2, 0.25) is 5.82 Å². The van der Waals surface area contributed by atoms with Gasteiger partial charge in [-0.3, -0.25) is 10.1 Å². The Hall–Kier alpha value is -1.53. The van der Waals surface area contributed by atoms with Crippen LogP contribution in [0.25, 0.3) is 0 Å². The summed E-state index contributed by atoms with van der Waals surface area (Å²) in [5.74, 6) is -0.981. The Balaban J connectivity index is 3.09. The van der Waals surface area contributed by atoms with E-state index in [0.29, 0.717) is 0 Å². The first kappa shape index (κ1) is 11.5. The first-order valence-electron chi connectivity index (χ1n) is 4.33. The zero-order valence-electron chi connectivity index (χ0n) is 8.11. The Morgan fingerprint density at radius 3 is 2.87 bits per heavy atom. The molecule has 82 valence electrons. The SMILES string of the molecule is CNCC(O)c1cccc([N+](=O)[O-])c1F. The molecular weight excluding hydrogens is 203 g/mol. The maximum absolute atomic E-state index is 13.5. The second-order valence-corrected chi connectivity index (χ2v) is 3.01. The largest absolute Gasteiger partial charge is 0.387 e. The smallest absolute Gasteiger partial charge is 0.305 e. The number of aliphatic hydroxyl groups is 1. The Morgan fingerprint density at radius 2 is 2.33 bits per heavy atom. The van der Waals surface area contributed by atoms with E-state index in [4.69, 9.17) is 0 Å². The minimum Gasteiger partial charge on any atom is -0.387 e. The van der Waals surface area contributed by atoms with Crippen molar-refractivity contribution in [2.45, 2.75) is 6.10 Å². The third-order valence-electron chi connectivity index (χ3n) is 1.96. The van der Waals surface area contributed by atoms with Crippen molar-refractivity contribution in [3.63, 3.8) is 0 Å². The zero-order chi connectivity index (χ0) is 11.4. The summed E-state index contributed by atoms with van der Waals surface area (Å²) in [6.45, 7) is 0.137. The van der Waals surface area contributed by atoms with E-state index < -0.39 is 22.5 Å². The van der Waals surface area contributed by atoms with Crippen LogP contribution in [-0.2, 0) is 0 Å². The molecule has 0 aliphatic heterocycles. The highest BCUT2D eigenvalue weighted by Crippen LogP contribution is 2.24. The number of hydrogen-bond donors (Lipinski definition) is 2. The highest BCUT2D eigenvalue weighted by atomic mass is 19.1. The van der Waals surface area contributed by atoms with Gasteiger partial charge in [0.25, 0.3) is 0 Å². The molecule has 0 aliphatic rings. The number of nitro groups is 1. The van der Waals surface area contributed by atoms with Crippen LogP contribution in [0, 0.1) is 15.9 Å². The normalized spacial score (nSPS) is 12.5. The zero-order valence-corrected chi connectivity index (χ0v) is 8.11. The van der Waals surface area contributed by atoms with Gasteiger partial charge in [0, 0.05) is 18.2 Å². The maximum atomic E-state index is 13.5. The van der Waals surface area contributed by atoms with E-state index in [1.165, 1.54) is 12.1 Å². The van der Waals surface area contributed by atoms with E-state index in [0.717, 1.165) is 6.07 Å². The van der Waals surface area contributed by atoms with E-state index >= 15 is 0 Å². The van der Waals surface area contributed by atoms with Crippen molar-refractivity contribution in [1.29, 1.82) is 0 Å². The predicted molar refractivity (Wildman–Crippen MR) is 51.9 cm³/mol. The summed E-state index contributed by atoms with van der Waals surface area (Å²) in [6, 6.07) is 3.73. The van der Waals surface area contributed by atoms with Crippen LogP contribution in [0.1, 0.15) is 11.7 Å². The van der Waals surface area contributed by atoms with Crippen molar-refractivity contribution in [3.05, 3.63) is 39.7 Å². The van der Waals surface area contributed by atoms with Crippen LogP contribution in [0.15, 0.2) is 18.2 Å². The number of rotatable bonds is 4. The monoisotopic (exact) mass is 214 g/mol. The second kappa shape index (κ2) is 4.81. The van der Waals surface area contributed by atoms with Crippen molar-refractivity contribution in [3.8, 4) is 0 Å². The van der Waals surface area contributed by atoms with Crippen LogP contribution >= 0.6 is 0 Å². The summed E-state index contributed by atoms with van der Waals surface area (Å²) in [4.78, 5) is 9.61. The fourth-order valence-electron chi connectivity index (χ4n) is 1.24. The van der Waals surface area contributed by atoms with Gasteiger partial charge in [-0.25, -0.2) is 0 Å². The number of nitrogens with zero attached hydrogens (tertiary/aromatic N) is 1. The van der Waals surface area contributed by atoms with Crippen LogP contribution < -0.4 is 5.32 Å². The van der Waals surface area contributed by atoms with E-state index in [-0.39, 0.29) is 12.1 Å². The van der Waals surface area contributed by atoms with Gasteiger partial charge in [-0.05, 0) is 7.05 Å². The lowest BCUT2D eigenvalue weighted by Crippen LogP contribution is -2.18. The molecule has 0 saturated carbocycles. The van der Waals surface area contributed by atoms with Crippen LogP contribution in [0.3, 0.4) is 0 Å². The molecule has 0 radical (unpaired) electrons. The quantitative estimate of drug-likeness (QED) is 0.578. The summed E-state index contributed by atoms with van der Waals surface area (Å²) < 4.78 is 13.5. The first-order chi connectivity index (χ1) is 7.07. The molecule has 15 heavy (non-hydrogen) atoms. The molecule has 2 N–H and O–H groups in total. The molecule has 0 spiro atoms. The molecule has 0 aliphatic carbocycles. The topological polar surface area (TPSA) is 75.4 Å². The average Bonchev–Trinajstić information content (AvgIpc) is 2.17. The van der Waals surface area contributed by atoms with Gasteiger partial charge in [-0.1, -0.05) is 12.1 Å². The van der Waals surface area contributed by atoms with Crippen LogP contribution in [0.4, 0.5) is 10.1 Å². The molecule has 0 amide bonds. The molecule has 1 unspecified atom stereocenters. The Kier molecular flexibility index (Phi) is 3.70. The van der Waals surface area contributed by atoms with Gasteiger partial charge in [-0.15, -0.1) is 0 Å². The summed E-state index contributed by atoms with van der Waals surface area (Å²) in [5.41, 5.74) is -0.693. The van der Waals surface area contributed by atoms with Crippen LogP contribution in [0.2, 0.25) is 0 Å². The Morgan fingerprint density at radius 1 is 1.67 bits per heavy atom. The molecule has 1 aromatic rings. The van der Waals surface area contributed by atoms with Gasteiger partial charge in [0.15, 0.2) is 0 Å². The lowest BCUT2D eigenvalue weighted by molar-refractivity contribution is -0.387. The van der Waals surface area contributed by atoms with E-state index in [2.05, 4.69) is 5.32 Å². The van der Waals surface area contributed by atoms with Crippen LogP contribution in [0.5, 0.6) is 0 Å². The minimum absolute atomic E-state index is 0.0708. The number of aliphatic hydroxyl groups excluding tert-OH is 1. The van der Waals surface area contributed by atoms with Crippen molar-refractivity contribution in [1.82, 2.24) is 5.32 Å². The molecule has 0 heterocycles. The second-order valence-electron chi connectivity index (χ2n) is 3.01. The Labute approximate surface area is 85.7 Å². The third kappa shape index (κ3) is 2.48. The molecule has 1 rings (SSSR count). The molecule has 0 fully saturated rings. The molecular formula is C9H11FN2O3. The molecule has 1 aromatic carbocycles. The molecule has 1 atom stereocenters. The summed E-state index contributed by atoms with van der Waals surface area (Å²) in [7, 11) is 1.60. The van der Waals surface area contributed by atoms with Gasteiger partial charge >= 0.3 is 5.69 Å². The van der Waals surface area contributed by atoms with Gasteiger partial charge in [0.1, 0.15) is 0 Å². The third-order valence-corrected chi connectivity index (χ3v) is 1.96. The van der Waals surface area contributed by atoms with E-state index in [1.807, 2.05) is 0 Å². The average molecular weight is 214 g/mol. The number of benzene rings is 1. The highest BCUT2D eigenvalue weighted by molar-refractivity contribution is 5.37. The fourth-order valence-corrected chi connectivity index (χ4v) is 1.24. The van der Waals surface area contributed by atoms with Crippen molar-refractivity contribution >= 4 is 5.69 Å². The lowest BCUT2D eigenvalue weighted by Gasteiger charge is -2.10. The molecule has 5 nitrogen and oxygen atoms in total. The number of likely N-dealkylation sites (N-methyl/N-ethyl adjacent to an activating group) is 1. The standard InChI is InChI=1S/C9H11FN2O3/c1-11-5-8(13)6-3-2-4-7(9(6)10)12(14)15/h2-4,8,11,13H,5H2,1H3. The summed E-state index contributed by atoms with van der Waals surface area (Å²) in [6.07, 6.45) is -1.09. The predicted octanol–water partition coefficient (Wildman–Crippen LogP) is 0.987. The minimum atomic E-state index is -1.09. The van der Waals surface area contributed by atoms with E-state index in [9.17, 15) is 19.6 Å². The molecule has 0 bridgehead atoms. The van der Waals surface area contributed by atoms with Crippen molar-refractivity contribution in [2.24, 2.45) is 0 Å².